The van der Waals surface area contributed by atoms with Gasteiger partial charge >= 0.3 is 0 Å². The number of nitrogens with zero attached hydrogens (tertiary/aromatic N) is 2. The Morgan fingerprint density at radius 2 is 1.88 bits per heavy atom. The number of rotatable bonds is 7. The third kappa shape index (κ3) is 4.59. The summed E-state index contributed by atoms with van der Waals surface area (Å²) in [4.78, 5) is 16.7. The van der Waals surface area contributed by atoms with Crippen molar-refractivity contribution in [3.63, 3.8) is 0 Å². The molecule has 0 aliphatic carbocycles. The van der Waals surface area contributed by atoms with E-state index in [-0.39, 0.29) is 29.9 Å². The molecule has 2 heterocycles. The lowest BCUT2D eigenvalue weighted by atomic mass is 9.93. The first-order chi connectivity index (χ1) is 15.4. The Balaban J connectivity index is 1.64. The molecular weight excluding hydrogens is 508 g/mol. The molecule has 0 N–H and O–H groups in total. The average Bonchev–Trinajstić information content (AvgIpc) is 3.28. The minimum atomic E-state index is -3.85. The number of benzene rings is 2. The lowest BCUT2D eigenvalue weighted by Crippen LogP contribution is -2.46. The number of halogens is 1. The van der Waals surface area contributed by atoms with E-state index >= 15 is 0 Å². The summed E-state index contributed by atoms with van der Waals surface area (Å²) in [5.41, 5.74) is 2.14. The van der Waals surface area contributed by atoms with Gasteiger partial charge in [0.2, 0.25) is 15.9 Å². The van der Waals surface area contributed by atoms with E-state index in [0.717, 1.165) is 22.0 Å². The lowest BCUT2D eigenvalue weighted by molar-refractivity contribution is -0.133. The van der Waals surface area contributed by atoms with Gasteiger partial charge in [-0.1, -0.05) is 52.3 Å². The van der Waals surface area contributed by atoms with Crippen molar-refractivity contribution < 1.29 is 13.2 Å². The number of hydrogen-bond acceptors (Lipinski definition) is 4. The van der Waals surface area contributed by atoms with Gasteiger partial charge in [-0.25, -0.2) is 8.42 Å². The number of amides is 1. The molecule has 0 saturated carbocycles. The first-order valence-corrected chi connectivity index (χ1v) is 13.3. The van der Waals surface area contributed by atoms with Crippen molar-refractivity contribution in [2.75, 3.05) is 19.6 Å². The quantitative estimate of drug-likeness (QED) is 0.409. The fourth-order valence-corrected chi connectivity index (χ4v) is 6.50. The molecule has 1 unspecified atom stereocenters. The van der Waals surface area contributed by atoms with Gasteiger partial charge in [0, 0.05) is 22.4 Å². The summed E-state index contributed by atoms with van der Waals surface area (Å²) in [6.45, 7) is 4.05. The molecule has 1 aromatic heterocycles. The monoisotopic (exact) mass is 530 g/mol. The summed E-state index contributed by atoms with van der Waals surface area (Å²) in [5.74, 6) is -0.224. The minimum Gasteiger partial charge on any atom is -0.330 e. The Morgan fingerprint density at radius 3 is 2.56 bits per heavy atom. The SMILES string of the molecule is C=CCN(CC(=O)N1CCc2sccc2C1c1ccccc1)S(=O)(=O)c1ccc(Br)cc1. The van der Waals surface area contributed by atoms with E-state index in [0.29, 0.717) is 6.54 Å². The summed E-state index contributed by atoms with van der Waals surface area (Å²) in [6.07, 6.45) is 2.27. The molecule has 8 heteroatoms. The van der Waals surface area contributed by atoms with Crippen LogP contribution >= 0.6 is 27.3 Å². The molecule has 1 aliphatic heterocycles. The fraction of sp³-hybridized carbons (Fsp3) is 0.208. The Labute approximate surface area is 201 Å². The van der Waals surface area contributed by atoms with Crippen LogP contribution in [-0.2, 0) is 21.2 Å². The zero-order chi connectivity index (χ0) is 22.7. The number of thiophene rings is 1. The first-order valence-electron chi connectivity index (χ1n) is 10.2. The third-order valence-corrected chi connectivity index (χ3v) is 8.85. The maximum Gasteiger partial charge on any atom is 0.243 e. The second-order valence-electron chi connectivity index (χ2n) is 7.49. The highest BCUT2D eigenvalue weighted by Crippen LogP contribution is 2.37. The van der Waals surface area contributed by atoms with Crippen LogP contribution in [0.3, 0.4) is 0 Å². The largest absolute Gasteiger partial charge is 0.330 e. The van der Waals surface area contributed by atoms with Gasteiger partial charge in [-0.2, -0.15) is 4.31 Å². The molecule has 0 fully saturated rings. The normalized spacial score (nSPS) is 16.1. The van der Waals surface area contributed by atoms with Crippen LogP contribution in [0.2, 0.25) is 0 Å². The molecule has 0 bridgehead atoms. The van der Waals surface area contributed by atoms with Gasteiger partial charge in [-0.15, -0.1) is 17.9 Å². The maximum atomic E-state index is 13.5. The van der Waals surface area contributed by atoms with Crippen LogP contribution in [0.15, 0.2) is 88.1 Å². The highest BCUT2D eigenvalue weighted by molar-refractivity contribution is 9.10. The van der Waals surface area contributed by atoms with Crippen molar-refractivity contribution in [2.45, 2.75) is 17.4 Å². The molecule has 1 amide bonds. The van der Waals surface area contributed by atoms with Crippen LogP contribution in [-0.4, -0.2) is 43.2 Å². The Kier molecular flexibility index (Phi) is 6.95. The van der Waals surface area contributed by atoms with Gasteiger partial charge in [0.15, 0.2) is 0 Å². The Hall–Kier alpha value is -2.26. The summed E-state index contributed by atoms with van der Waals surface area (Å²) >= 11 is 5.03. The molecular formula is C24H23BrN2O3S2. The zero-order valence-electron chi connectivity index (χ0n) is 17.4. The Morgan fingerprint density at radius 1 is 1.16 bits per heavy atom. The van der Waals surface area contributed by atoms with E-state index < -0.39 is 10.0 Å². The molecule has 1 aliphatic rings. The van der Waals surface area contributed by atoms with Gasteiger partial charge < -0.3 is 4.90 Å². The summed E-state index contributed by atoms with van der Waals surface area (Å²) < 4.78 is 28.5. The first kappa shape index (κ1) is 22.9. The fourth-order valence-electron chi connectivity index (χ4n) is 3.97. The van der Waals surface area contributed by atoms with Crippen LogP contribution in [0.1, 0.15) is 22.0 Å². The van der Waals surface area contributed by atoms with Crippen LogP contribution in [0, 0.1) is 0 Å². The molecule has 0 spiro atoms. The van der Waals surface area contributed by atoms with Gasteiger partial charge in [-0.05, 0) is 53.3 Å². The van der Waals surface area contributed by atoms with Gasteiger partial charge in [0.25, 0.3) is 0 Å². The lowest BCUT2D eigenvalue weighted by Gasteiger charge is -2.37. The van der Waals surface area contributed by atoms with Crippen LogP contribution < -0.4 is 0 Å². The highest BCUT2D eigenvalue weighted by atomic mass is 79.9. The predicted octanol–water partition coefficient (Wildman–Crippen LogP) is 4.86. The summed E-state index contributed by atoms with van der Waals surface area (Å²) in [7, 11) is -3.85. The van der Waals surface area contributed by atoms with E-state index in [4.69, 9.17) is 0 Å². The predicted molar refractivity (Wildman–Crippen MR) is 131 cm³/mol. The van der Waals surface area contributed by atoms with Crippen LogP contribution in [0.5, 0.6) is 0 Å². The van der Waals surface area contributed by atoms with E-state index in [9.17, 15) is 13.2 Å². The van der Waals surface area contributed by atoms with Crippen molar-refractivity contribution in [2.24, 2.45) is 0 Å². The van der Waals surface area contributed by atoms with E-state index in [2.05, 4.69) is 34.0 Å². The molecule has 2 aromatic carbocycles. The van der Waals surface area contributed by atoms with Crippen LogP contribution in [0.25, 0.3) is 0 Å². The minimum absolute atomic E-state index is 0.0533. The van der Waals surface area contributed by atoms with E-state index in [1.165, 1.54) is 27.4 Å². The smallest absolute Gasteiger partial charge is 0.243 e. The van der Waals surface area contributed by atoms with E-state index in [1.807, 2.05) is 30.3 Å². The summed E-state index contributed by atoms with van der Waals surface area (Å²) in [6, 6.07) is 18.2. The number of carbonyl (C=O) groups excluding carboxylic acids is 1. The number of fused-ring (bicyclic) bond motifs is 1. The van der Waals surface area contributed by atoms with Crippen molar-refractivity contribution in [3.8, 4) is 0 Å². The number of sulfonamides is 1. The van der Waals surface area contributed by atoms with Gasteiger partial charge in [0.05, 0.1) is 17.5 Å². The molecule has 166 valence electrons. The van der Waals surface area contributed by atoms with Crippen molar-refractivity contribution >= 4 is 43.2 Å². The highest BCUT2D eigenvalue weighted by Gasteiger charge is 2.35. The molecule has 5 nitrogen and oxygen atoms in total. The average molecular weight is 531 g/mol. The Bertz CT molecular complexity index is 1210. The topological polar surface area (TPSA) is 57.7 Å². The molecule has 32 heavy (non-hydrogen) atoms. The molecule has 0 radical (unpaired) electrons. The van der Waals surface area contributed by atoms with E-state index in [1.54, 1.807) is 28.4 Å². The van der Waals surface area contributed by atoms with Crippen LogP contribution in [0.4, 0.5) is 0 Å². The summed E-state index contributed by atoms with van der Waals surface area (Å²) in [5, 5.41) is 2.05. The molecule has 0 saturated heterocycles. The van der Waals surface area contributed by atoms with Crippen molar-refractivity contribution in [3.05, 3.63) is 99.2 Å². The number of carbonyl (C=O) groups is 1. The molecule has 1 atom stereocenters. The van der Waals surface area contributed by atoms with Gasteiger partial charge in [-0.3, -0.25) is 4.79 Å². The second-order valence-corrected chi connectivity index (χ2v) is 11.3. The maximum absolute atomic E-state index is 13.5. The third-order valence-electron chi connectivity index (χ3n) is 5.50. The second kappa shape index (κ2) is 9.70. The van der Waals surface area contributed by atoms with Crippen molar-refractivity contribution in [1.82, 2.24) is 9.21 Å². The molecule has 3 aromatic rings. The molecule has 4 rings (SSSR count). The number of hydrogen-bond donors (Lipinski definition) is 0. The zero-order valence-corrected chi connectivity index (χ0v) is 20.6. The van der Waals surface area contributed by atoms with Crippen molar-refractivity contribution in [1.29, 1.82) is 0 Å². The standard InChI is InChI=1S/C24H23BrN2O3S2/c1-2-14-26(32(29,30)20-10-8-19(25)9-11-20)17-23(28)27-15-12-22-21(13-16-31-22)24(27)18-6-4-3-5-7-18/h2-11,13,16,24H,1,12,14-15,17H2. The van der Waals surface area contributed by atoms with Gasteiger partial charge in [0.1, 0.15) is 0 Å².